The molecule has 2 unspecified atom stereocenters. The zero-order valence-electron chi connectivity index (χ0n) is 14.7. The molecule has 5 heteroatoms. The quantitative estimate of drug-likeness (QED) is 0.615. The van der Waals surface area contributed by atoms with E-state index in [1.165, 1.54) is 6.92 Å². The first-order chi connectivity index (χ1) is 11.5. The maximum Gasteiger partial charge on any atom is 0.222 e. The summed E-state index contributed by atoms with van der Waals surface area (Å²) < 4.78 is 5.66. The van der Waals surface area contributed by atoms with Crippen LogP contribution in [0.15, 0.2) is 24.3 Å². The molecule has 1 saturated heterocycles. The smallest absolute Gasteiger partial charge is 0.222 e. The minimum Gasteiger partial charge on any atom is -0.494 e. The maximum atomic E-state index is 12.4. The van der Waals surface area contributed by atoms with Gasteiger partial charge in [0, 0.05) is 30.6 Å². The molecular weight excluding hydrogens is 304 g/mol. The number of piperidine rings is 1. The molecule has 0 bridgehead atoms. The third-order valence-electron chi connectivity index (χ3n) is 4.52. The van der Waals surface area contributed by atoms with Gasteiger partial charge in [-0.25, -0.2) is 0 Å². The SMILES string of the molecule is CC(=O)c1cccc(OCCCC(=O)N2CCCCC2C(C)N)c1. The van der Waals surface area contributed by atoms with Crippen molar-refractivity contribution in [2.45, 2.75) is 58.0 Å². The van der Waals surface area contributed by atoms with Crippen molar-refractivity contribution in [1.82, 2.24) is 4.90 Å². The van der Waals surface area contributed by atoms with Crippen molar-refractivity contribution >= 4 is 11.7 Å². The molecule has 5 nitrogen and oxygen atoms in total. The normalized spacial score (nSPS) is 19.0. The number of likely N-dealkylation sites (tertiary alicyclic amines) is 1. The highest BCUT2D eigenvalue weighted by atomic mass is 16.5. The molecule has 1 fully saturated rings. The van der Waals surface area contributed by atoms with Crippen LogP contribution in [0, 0.1) is 0 Å². The number of hydrogen-bond acceptors (Lipinski definition) is 4. The van der Waals surface area contributed by atoms with Gasteiger partial charge in [0.15, 0.2) is 5.78 Å². The lowest BCUT2D eigenvalue weighted by molar-refractivity contribution is -0.135. The van der Waals surface area contributed by atoms with Crippen LogP contribution in [0.4, 0.5) is 0 Å². The summed E-state index contributed by atoms with van der Waals surface area (Å²) in [4.78, 5) is 25.7. The second kappa shape index (κ2) is 8.83. The van der Waals surface area contributed by atoms with Crippen molar-refractivity contribution in [3.63, 3.8) is 0 Å². The fourth-order valence-corrected chi connectivity index (χ4v) is 3.18. The van der Waals surface area contributed by atoms with E-state index in [2.05, 4.69) is 0 Å². The molecule has 0 saturated carbocycles. The van der Waals surface area contributed by atoms with E-state index in [1.807, 2.05) is 17.9 Å². The monoisotopic (exact) mass is 332 g/mol. The standard InChI is InChI=1S/C19H28N2O3/c1-14(20)18-9-3-4-11-21(18)19(23)10-6-12-24-17-8-5-7-16(13-17)15(2)22/h5,7-8,13-14,18H,3-4,6,9-12,20H2,1-2H3. The van der Waals surface area contributed by atoms with Crippen molar-refractivity contribution < 1.29 is 14.3 Å². The number of Topliss-reactive ketones (excluding diaryl/α,β-unsaturated/α-hetero) is 1. The summed E-state index contributed by atoms with van der Waals surface area (Å²) in [7, 11) is 0. The summed E-state index contributed by atoms with van der Waals surface area (Å²) in [6.07, 6.45) is 4.33. The molecule has 2 rings (SSSR count). The number of ether oxygens (including phenoxy) is 1. The number of amides is 1. The molecule has 1 aromatic carbocycles. The van der Waals surface area contributed by atoms with Gasteiger partial charge in [-0.3, -0.25) is 9.59 Å². The van der Waals surface area contributed by atoms with Crippen LogP contribution in [0.3, 0.4) is 0 Å². The van der Waals surface area contributed by atoms with Gasteiger partial charge in [-0.15, -0.1) is 0 Å². The van der Waals surface area contributed by atoms with E-state index >= 15 is 0 Å². The van der Waals surface area contributed by atoms with E-state index in [-0.39, 0.29) is 23.8 Å². The Morgan fingerprint density at radius 3 is 2.88 bits per heavy atom. The molecule has 2 N–H and O–H groups in total. The number of benzene rings is 1. The van der Waals surface area contributed by atoms with Crippen LogP contribution in [0.25, 0.3) is 0 Å². The van der Waals surface area contributed by atoms with Crippen molar-refractivity contribution in [2.24, 2.45) is 5.73 Å². The van der Waals surface area contributed by atoms with E-state index in [9.17, 15) is 9.59 Å². The molecule has 1 aliphatic heterocycles. The lowest BCUT2D eigenvalue weighted by Gasteiger charge is -2.38. The maximum absolute atomic E-state index is 12.4. The Bertz CT molecular complexity index is 571. The number of carbonyl (C=O) groups excluding carboxylic acids is 2. The van der Waals surface area contributed by atoms with Crippen LogP contribution in [0.2, 0.25) is 0 Å². The van der Waals surface area contributed by atoms with Gasteiger partial charge < -0.3 is 15.4 Å². The van der Waals surface area contributed by atoms with Crippen LogP contribution < -0.4 is 10.5 Å². The predicted molar refractivity (Wildman–Crippen MR) is 94.2 cm³/mol. The van der Waals surface area contributed by atoms with E-state index in [1.54, 1.807) is 18.2 Å². The van der Waals surface area contributed by atoms with E-state index in [4.69, 9.17) is 10.5 Å². The Morgan fingerprint density at radius 1 is 1.38 bits per heavy atom. The van der Waals surface area contributed by atoms with Gasteiger partial charge in [0.2, 0.25) is 5.91 Å². The Balaban J connectivity index is 1.78. The summed E-state index contributed by atoms with van der Waals surface area (Å²) in [5, 5.41) is 0. The Morgan fingerprint density at radius 2 is 2.17 bits per heavy atom. The Labute approximate surface area is 144 Å². The van der Waals surface area contributed by atoms with Crippen molar-refractivity contribution in [3.8, 4) is 5.75 Å². The van der Waals surface area contributed by atoms with E-state index in [0.29, 0.717) is 30.8 Å². The summed E-state index contributed by atoms with van der Waals surface area (Å²) in [6, 6.07) is 7.31. The van der Waals surface area contributed by atoms with Crippen LogP contribution in [-0.4, -0.2) is 41.8 Å². The zero-order chi connectivity index (χ0) is 17.5. The molecule has 2 atom stereocenters. The molecule has 24 heavy (non-hydrogen) atoms. The summed E-state index contributed by atoms with van der Waals surface area (Å²) in [6.45, 7) is 4.78. The number of carbonyl (C=O) groups is 2. The molecule has 0 aliphatic carbocycles. The molecule has 0 aromatic heterocycles. The van der Waals surface area contributed by atoms with Gasteiger partial charge in [-0.1, -0.05) is 12.1 Å². The Kier molecular flexibility index (Phi) is 6.79. The highest BCUT2D eigenvalue weighted by molar-refractivity contribution is 5.94. The third-order valence-corrected chi connectivity index (χ3v) is 4.52. The highest BCUT2D eigenvalue weighted by Crippen LogP contribution is 2.20. The second-order valence-corrected chi connectivity index (χ2v) is 6.55. The molecule has 1 amide bonds. The van der Waals surface area contributed by atoms with Gasteiger partial charge in [-0.2, -0.15) is 0 Å². The summed E-state index contributed by atoms with van der Waals surface area (Å²) in [5.41, 5.74) is 6.65. The number of nitrogens with zero attached hydrogens (tertiary/aromatic N) is 1. The van der Waals surface area contributed by atoms with Crippen LogP contribution in [0.1, 0.15) is 56.3 Å². The number of hydrogen-bond donors (Lipinski definition) is 1. The van der Waals surface area contributed by atoms with Crippen LogP contribution in [0.5, 0.6) is 5.75 Å². The van der Waals surface area contributed by atoms with Gasteiger partial charge in [0.05, 0.1) is 6.61 Å². The Hall–Kier alpha value is -1.88. The molecule has 0 spiro atoms. The van der Waals surface area contributed by atoms with Crippen molar-refractivity contribution in [3.05, 3.63) is 29.8 Å². The van der Waals surface area contributed by atoms with Gasteiger partial charge in [0.25, 0.3) is 0 Å². The first-order valence-corrected chi connectivity index (χ1v) is 8.78. The third kappa shape index (κ3) is 5.06. The lowest BCUT2D eigenvalue weighted by atomic mass is 9.96. The molecule has 1 heterocycles. The van der Waals surface area contributed by atoms with Crippen molar-refractivity contribution in [2.75, 3.05) is 13.2 Å². The minimum atomic E-state index is 0.0137. The second-order valence-electron chi connectivity index (χ2n) is 6.55. The van der Waals surface area contributed by atoms with E-state index in [0.717, 1.165) is 25.8 Å². The fraction of sp³-hybridized carbons (Fsp3) is 0.579. The van der Waals surface area contributed by atoms with Gasteiger partial charge in [0.1, 0.15) is 5.75 Å². The predicted octanol–water partition coefficient (Wildman–Crippen LogP) is 2.78. The lowest BCUT2D eigenvalue weighted by Crippen LogP contribution is -2.51. The van der Waals surface area contributed by atoms with Gasteiger partial charge >= 0.3 is 0 Å². The summed E-state index contributed by atoms with van der Waals surface area (Å²) in [5.74, 6) is 0.849. The molecule has 1 aromatic rings. The van der Waals surface area contributed by atoms with Gasteiger partial charge in [-0.05, 0) is 51.7 Å². The average Bonchev–Trinajstić information content (AvgIpc) is 2.58. The zero-order valence-corrected chi connectivity index (χ0v) is 14.7. The molecule has 0 radical (unpaired) electrons. The minimum absolute atomic E-state index is 0.0137. The van der Waals surface area contributed by atoms with Crippen molar-refractivity contribution in [1.29, 1.82) is 0 Å². The first-order valence-electron chi connectivity index (χ1n) is 8.78. The number of nitrogens with two attached hydrogens (primary N) is 1. The molecule has 1 aliphatic rings. The molecular formula is C19H28N2O3. The largest absolute Gasteiger partial charge is 0.494 e. The van der Waals surface area contributed by atoms with E-state index < -0.39 is 0 Å². The van der Waals surface area contributed by atoms with Crippen LogP contribution >= 0.6 is 0 Å². The highest BCUT2D eigenvalue weighted by Gasteiger charge is 2.28. The van der Waals surface area contributed by atoms with Crippen LogP contribution in [-0.2, 0) is 4.79 Å². The topological polar surface area (TPSA) is 72.6 Å². The number of ketones is 1. The number of rotatable bonds is 7. The average molecular weight is 332 g/mol. The molecule has 132 valence electrons. The fourth-order valence-electron chi connectivity index (χ4n) is 3.18. The summed E-state index contributed by atoms with van der Waals surface area (Å²) >= 11 is 0. The first kappa shape index (κ1) is 18.5.